The van der Waals surface area contributed by atoms with Crippen molar-refractivity contribution in [1.29, 1.82) is 0 Å². The molecule has 41 heavy (non-hydrogen) atoms. The molecular formula is C30H30FN9O. The third-order valence-corrected chi connectivity index (χ3v) is 8.13. The lowest BCUT2D eigenvalue weighted by Gasteiger charge is -2.28. The number of fused-ring (bicyclic) bond motifs is 1. The van der Waals surface area contributed by atoms with Crippen LogP contribution in [0.25, 0.3) is 22.2 Å². The first-order chi connectivity index (χ1) is 19.8. The molecule has 0 amide bonds. The van der Waals surface area contributed by atoms with E-state index in [1.807, 2.05) is 30.0 Å². The fourth-order valence-corrected chi connectivity index (χ4v) is 5.32. The molecule has 3 N–H and O–H groups in total. The second kappa shape index (κ2) is 9.57. The van der Waals surface area contributed by atoms with Crippen molar-refractivity contribution in [1.82, 2.24) is 34.3 Å². The van der Waals surface area contributed by atoms with E-state index in [1.165, 1.54) is 12.1 Å². The van der Waals surface area contributed by atoms with Crippen LogP contribution in [0.3, 0.4) is 0 Å². The maximum atomic E-state index is 13.4. The van der Waals surface area contributed by atoms with Gasteiger partial charge < -0.3 is 15.7 Å². The molecule has 7 rings (SSSR count). The van der Waals surface area contributed by atoms with Crippen LogP contribution in [0.5, 0.6) is 0 Å². The van der Waals surface area contributed by atoms with Crippen molar-refractivity contribution < 1.29 is 9.50 Å². The molecule has 0 bridgehead atoms. The van der Waals surface area contributed by atoms with Crippen LogP contribution in [0, 0.1) is 5.82 Å². The van der Waals surface area contributed by atoms with Crippen molar-refractivity contribution in [2.75, 3.05) is 18.0 Å². The molecule has 10 nitrogen and oxygen atoms in total. The number of anilines is 1. The summed E-state index contributed by atoms with van der Waals surface area (Å²) >= 11 is 0. The van der Waals surface area contributed by atoms with E-state index in [9.17, 15) is 9.50 Å². The van der Waals surface area contributed by atoms with Gasteiger partial charge in [0, 0.05) is 54.6 Å². The largest absolute Gasteiger partial charge is 0.388 e. The summed E-state index contributed by atoms with van der Waals surface area (Å²) < 4.78 is 17.0. The number of aromatic nitrogens is 7. The van der Waals surface area contributed by atoms with E-state index in [4.69, 9.17) is 5.73 Å². The van der Waals surface area contributed by atoms with Crippen molar-refractivity contribution in [3.63, 3.8) is 0 Å². The molecular weight excluding hydrogens is 521 g/mol. The van der Waals surface area contributed by atoms with E-state index in [0.717, 1.165) is 64.8 Å². The molecule has 208 valence electrons. The zero-order valence-electron chi connectivity index (χ0n) is 22.7. The molecule has 0 spiro atoms. The molecule has 1 aromatic carbocycles. The highest BCUT2D eigenvalue weighted by Gasteiger charge is 2.40. The molecule has 1 atom stereocenters. The van der Waals surface area contributed by atoms with Gasteiger partial charge in [0.15, 0.2) is 0 Å². The van der Waals surface area contributed by atoms with Crippen LogP contribution in [0.15, 0.2) is 73.7 Å². The lowest BCUT2D eigenvalue weighted by atomic mass is 9.87. The Morgan fingerprint density at radius 2 is 1.78 bits per heavy atom. The number of hydrogen-bond donors (Lipinski definition) is 2. The summed E-state index contributed by atoms with van der Waals surface area (Å²) in [5.74, 6) is 0.330. The smallest absolute Gasteiger partial charge is 0.225 e. The maximum absolute atomic E-state index is 13.4. The summed E-state index contributed by atoms with van der Waals surface area (Å²) in [7, 11) is 0. The number of halogens is 1. The van der Waals surface area contributed by atoms with Gasteiger partial charge in [-0.3, -0.25) is 4.68 Å². The highest BCUT2D eigenvalue weighted by atomic mass is 19.1. The molecule has 1 aliphatic heterocycles. The van der Waals surface area contributed by atoms with Gasteiger partial charge in [-0.2, -0.15) is 10.2 Å². The summed E-state index contributed by atoms with van der Waals surface area (Å²) in [5, 5.41) is 19.1. The van der Waals surface area contributed by atoms with Crippen LogP contribution >= 0.6 is 0 Å². The van der Waals surface area contributed by atoms with Crippen molar-refractivity contribution in [2.45, 2.75) is 43.9 Å². The third-order valence-electron chi connectivity index (χ3n) is 8.13. The molecule has 1 fully saturated rings. The van der Waals surface area contributed by atoms with Gasteiger partial charge in [0.25, 0.3) is 0 Å². The molecule has 5 heterocycles. The Morgan fingerprint density at radius 1 is 1.00 bits per heavy atom. The Labute approximate surface area is 236 Å². The number of nitrogens with zero attached hydrogens (tertiary/aromatic N) is 8. The fourth-order valence-electron chi connectivity index (χ4n) is 5.32. The quantitative estimate of drug-likeness (QED) is 0.315. The summed E-state index contributed by atoms with van der Waals surface area (Å²) in [6.45, 7) is 3.77. The van der Waals surface area contributed by atoms with Gasteiger partial charge in [-0.05, 0) is 55.5 Å². The normalized spacial score (nSPS) is 17.9. The molecule has 1 saturated carbocycles. The van der Waals surface area contributed by atoms with Crippen LogP contribution in [-0.2, 0) is 12.1 Å². The Bertz CT molecular complexity index is 1750. The van der Waals surface area contributed by atoms with Crippen molar-refractivity contribution in [2.24, 2.45) is 5.73 Å². The summed E-state index contributed by atoms with van der Waals surface area (Å²) in [6.07, 6.45) is 15.4. The molecule has 0 radical (unpaired) electrons. The molecule has 5 aromatic rings. The average Bonchev–Trinajstić information content (AvgIpc) is 3.34. The van der Waals surface area contributed by atoms with Crippen LogP contribution in [0.1, 0.15) is 43.0 Å². The van der Waals surface area contributed by atoms with Gasteiger partial charge in [-0.1, -0.05) is 18.2 Å². The SMILES string of the molecule is CC(N)(c1ccc(F)cc1)c1cnc(N2CC=C(c3ncnn4cc(-c5cnn(CC6(O)CC6)c5)cc34)CC2)nc1. The highest BCUT2D eigenvalue weighted by molar-refractivity contribution is 5.80. The van der Waals surface area contributed by atoms with E-state index in [2.05, 4.69) is 42.2 Å². The molecule has 4 aromatic heterocycles. The van der Waals surface area contributed by atoms with Crippen molar-refractivity contribution >= 4 is 17.0 Å². The predicted octanol–water partition coefficient (Wildman–Crippen LogP) is 3.56. The zero-order chi connectivity index (χ0) is 28.2. The van der Waals surface area contributed by atoms with E-state index in [-0.39, 0.29) is 5.82 Å². The first-order valence-corrected chi connectivity index (χ1v) is 13.7. The highest BCUT2D eigenvalue weighted by Crippen LogP contribution is 2.37. The summed E-state index contributed by atoms with van der Waals surface area (Å²) in [6, 6.07) is 8.27. The summed E-state index contributed by atoms with van der Waals surface area (Å²) in [4.78, 5) is 15.9. The number of aliphatic hydroxyl groups is 1. The number of benzene rings is 1. The lowest BCUT2D eigenvalue weighted by molar-refractivity contribution is 0.125. The van der Waals surface area contributed by atoms with Gasteiger partial charge >= 0.3 is 0 Å². The third kappa shape index (κ3) is 4.87. The second-order valence-electron chi connectivity index (χ2n) is 11.2. The Balaban J connectivity index is 1.08. The van der Waals surface area contributed by atoms with Crippen LogP contribution in [-0.4, -0.2) is 58.1 Å². The number of nitrogens with two attached hydrogens (primary N) is 1. The van der Waals surface area contributed by atoms with Crippen LogP contribution in [0.2, 0.25) is 0 Å². The van der Waals surface area contributed by atoms with Gasteiger partial charge in [-0.15, -0.1) is 0 Å². The van der Waals surface area contributed by atoms with E-state index in [0.29, 0.717) is 19.0 Å². The first-order valence-electron chi connectivity index (χ1n) is 13.7. The van der Waals surface area contributed by atoms with Gasteiger partial charge in [0.05, 0.1) is 35.1 Å². The minimum absolute atomic E-state index is 0.300. The van der Waals surface area contributed by atoms with E-state index >= 15 is 0 Å². The monoisotopic (exact) mass is 551 g/mol. The maximum Gasteiger partial charge on any atom is 0.225 e. The van der Waals surface area contributed by atoms with Crippen LogP contribution in [0.4, 0.5) is 10.3 Å². The van der Waals surface area contributed by atoms with E-state index in [1.54, 1.807) is 35.5 Å². The minimum atomic E-state index is -0.841. The zero-order valence-corrected chi connectivity index (χ0v) is 22.7. The van der Waals surface area contributed by atoms with Gasteiger partial charge in [0.2, 0.25) is 5.95 Å². The Hall–Kier alpha value is -4.48. The van der Waals surface area contributed by atoms with Gasteiger partial charge in [-0.25, -0.2) is 23.9 Å². The van der Waals surface area contributed by atoms with Crippen molar-refractivity contribution in [3.05, 3.63) is 96.4 Å². The summed E-state index contributed by atoms with van der Waals surface area (Å²) in [5.41, 5.74) is 11.6. The average molecular weight is 552 g/mol. The fraction of sp³-hybridized carbons (Fsp3) is 0.300. The molecule has 11 heteroatoms. The molecule has 1 unspecified atom stereocenters. The standard InChI is InChI=1S/C30H30FN9O/c1-29(32,23-2-4-25(31)5-3-23)24-14-33-28(34-15-24)38-10-6-20(7-11-38)27-26-12-21(17-40(26)37-19-35-27)22-13-36-39(16-22)18-30(41)8-9-30/h2-6,12-17,19,41H,7-11,18,32H2,1H3. The number of rotatable bonds is 7. The Kier molecular flexibility index (Phi) is 5.95. The predicted molar refractivity (Wildman–Crippen MR) is 152 cm³/mol. The van der Waals surface area contributed by atoms with Crippen molar-refractivity contribution in [3.8, 4) is 11.1 Å². The molecule has 2 aliphatic rings. The lowest BCUT2D eigenvalue weighted by Crippen LogP contribution is -2.35. The van der Waals surface area contributed by atoms with E-state index < -0.39 is 11.1 Å². The second-order valence-corrected chi connectivity index (χ2v) is 11.2. The first kappa shape index (κ1) is 25.5. The number of hydrogen-bond acceptors (Lipinski definition) is 8. The Morgan fingerprint density at radius 3 is 2.49 bits per heavy atom. The molecule has 0 saturated heterocycles. The van der Waals surface area contributed by atoms with Crippen LogP contribution < -0.4 is 10.6 Å². The molecule has 1 aliphatic carbocycles. The minimum Gasteiger partial charge on any atom is -0.388 e. The van der Waals surface area contributed by atoms with Gasteiger partial charge in [0.1, 0.15) is 12.1 Å². The topological polar surface area (TPSA) is 123 Å².